The molecule has 0 unspecified atom stereocenters. The van der Waals surface area contributed by atoms with Gasteiger partial charge in [0.25, 0.3) is 17.7 Å². The maximum absolute atomic E-state index is 12.3. The van der Waals surface area contributed by atoms with Crippen LogP contribution in [0, 0.1) is 3.57 Å². The number of nitrogens with one attached hydrogen (secondary N) is 1. The zero-order valence-electron chi connectivity index (χ0n) is 13.9. The number of ether oxygens (including phenoxy) is 2. The molecule has 1 fully saturated rings. The van der Waals surface area contributed by atoms with E-state index in [1.54, 1.807) is 19.5 Å². The van der Waals surface area contributed by atoms with E-state index in [-0.39, 0.29) is 18.1 Å². The molecule has 1 amide bonds. The van der Waals surface area contributed by atoms with E-state index in [4.69, 9.17) is 9.47 Å². The molecule has 1 aliphatic rings. The summed E-state index contributed by atoms with van der Waals surface area (Å²) >= 11 is 2.23. The van der Waals surface area contributed by atoms with Crippen molar-refractivity contribution in [2.24, 2.45) is 0 Å². The van der Waals surface area contributed by atoms with Gasteiger partial charge in [-0.3, -0.25) is 4.79 Å². The third-order valence-electron chi connectivity index (χ3n) is 4.22. The van der Waals surface area contributed by atoms with Crippen LogP contribution in [0.15, 0.2) is 36.7 Å². The zero-order valence-corrected chi connectivity index (χ0v) is 16.1. The molecule has 1 aromatic carbocycles. The molecule has 0 bridgehead atoms. The van der Waals surface area contributed by atoms with Gasteiger partial charge in [-0.25, -0.2) is 9.97 Å². The normalized spacial score (nSPS) is 19.9. The fourth-order valence-corrected chi connectivity index (χ4v) is 3.25. The number of hydrogen-bond acceptors (Lipinski definition) is 5. The molecule has 2 aromatic rings. The molecule has 0 atom stereocenters. The molecule has 7 heteroatoms. The number of benzene rings is 1. The highest BCUT2D eigenvalue weighted by molar-refractivity contribution is 14.1. The summed E-state index contributed by atoms with van der Waals surface area (Å²) in [5.41, 5.74) is 0.697. The summed E-state index contributed by atoms with van der Waals surface area (Å²) in [4.78, 5) is 20.6. The van der Waals surface area contributed by atoms with Crippen LogP contribution in [-0.4, -0.2) is 35.1 Å². The largest absolute Gasteiger partial charge is 0.477 e. The van der Waals surface area contributed by atoms with Gasteiger partial charge in [-0.05, 0) is 72.5 Å². The average Bonchev–Trinajstić information content (AvgIpc) is 2.64. The molecule has 1 aromatic heterocycles. The third kappa shape index (κ3) is 4.81. The molecule has 0 radical (unpaired) electrons. The van der Waals surface area contributed by atoms with E-state index >= 15 is 0 Å². The van der Waals surface area contributed by atoms with Crippen LogP contribution in [0.25, 0.3) is 0 Å². The number of methoxy groups -OCH3 is 1. The van der Waals surface area contributed by atoms with Crippen LogP contribution in [0.4, 0.5) is 0 Å². The van der Waals surface area contributed by atoms with Crippen molar-refractivity contribution >= 4 is 28.5 Å². The standard InChI is InChI=1S/C18H20IN3O3/c1-24-17-18(21-11-10-20-17)25-15-8-6-14(7-9-15)22-16(23)12-2-4-13(19)5-3-12/h2-5,10-11,14-15H,6-9H2,1H3,(H,22,23). The van der Waals surface area contributed by atoms with E-state index < -0.39 is 0 Å². The van der Waals surface area contributed by atoms with Crippen molar-refractivity contribution in [2.45, 2.75) is 37.8 Å². The summed E-state index contributed by atoms with van der Waals surface area (Å²) in [6.07, 6.45) is 6.70. The Hall–Kier alpha value is -1.90. The van der Waals surface area contributed by atoms with Crippen LogP contribution in [0.1, 0.15) is 36.0 Å². The molecule has 1 saturated carbocycles. The smallest absolute Gasteiger partial charge is 0.278 e. The lowest BCUT2D eigenvalue weighted by atomic mass is 9.92. The number of aromatic nitrogens is 2. The van der Waals surface area contributed by atoms with Crippen molar-refractivity contribution in [3.63, 3.8) is 0 Å². The first kappa shape index (κ1) is 17.9. The molecule has 132 valence electrons. The number of amides is 1. The summed E-state index contributed by atoms with van der Waals surface area (Å²) in [6, 6.07) is 7.76. The molecule has 25 heavy (non-hydrogen) atoms. The maximum atomic E-state index is 12.3. The molecule has 1 aliphatic carbocycles. The molecule has 3 rings (SSSR count). The van der Waals surface area contributed by atoms with Crippen LogP contribution >= 0.6 is 22.6 Å². The van der Waals surface area contributed by atoms with Crippen LogP contribution in [-0.2, 0) is 0 Å². The Balaban J connectivity index is 1.50. The van der Waals surface area contributed by atoms with E-state index in [9.17, 15) is 4.79 Å². The molecular formula is C18H20IN3O3. The van der Waals surface area contributed by atoms with Gasteiger partial charge < -0.3 is 14.8 Å². The molecular weight excluding hydrogens is 433 g/mol. The topological polar surface area (TPSA) is 73.3 Å². The maximum Gasteiger partial charge on any atom is 0.278 e. The predicted octanol–water partition coefficient (Wildman–Crippen LogP) is 3.21. The Kier molecular flexibility index (Phi) is 6.06. The molecule has 1 heterocycles. The van der Waals surface area contributed by atoms with Crippen molar-refractivity contribution in [3.05, 3.63) is 45.8 Å². The SMILES string of the molecule is COc1nccnc1OC1CCC(NC(=O)c2ccc(I)cc2)CC1. The van der Waals surface area contributed by atoms with Crippen molar-refractivity contribution in [1.82, 2.24) is 15.3 Å². The van der Waals surface area contributed by atoms with Gasteiger partial charge in [0.15, 0.2) is 0 Å². The predicted molar refractivity (Wildman–Crippen MR) is 102 cm³/mol. The van der Waals surface area contributed by atoms with Gasteiger partial charge in [0.1, 0.15) is 6.10 Å². The van der Waals surface area contributed by atoms with E-state index in [1.165, 1.54) is 0 Å². The highest BCUT2D eigenvalue weighted by atomic mass is 127. The van der Waals surface area contributed by atoms with Crippen LogP contribution in [0.2, 0.25) is 0 Å². The zero-order chi connectivity index (χ0) is 17.6. The highest BCUT2D eigenvalue weighted by Gasteiger charge is 2.25. The van der Waals surface area contributed by atoms with Crippen LogP contribution < -0.4 is 14.8 Å². The van der Waals surface area contributed by atoms with Gasteiger partial charge in [-0.15, -0.1) is 0 Å². The van der Waals surface area contributed by atoms with Gasteiger partial charge in [0.05, 0.1) is 7.11 Å². The monoisotopic (exact) mass is 453 g/mol. The second-order valence-corrected chi connectivity index (χ2v) is 7.19. The van der Waals surface area contributed by atoms with E-state index in [2.05, 4.69) is 37.9 Å². The minimum Gasteiger partial charge on any atom is -0.477 e. The Morgan fingerprint density at radius 1 is 1.08 bits per heavy atom. The number of carbonyl (C=O) groups excluding carboxylic acids is 1. The molecule has 0 spiro atoms. The lowest BCUT2D eigenvalue weighted by Gasteiger charge is -2.29. The van der Waals surface area contributed by atoms with Crippen molar-refractivity contribution in [1.29, 1.82) is 0 Å². The fourth-order valence-electron chi connectivity index (χ4n) is 2.89. The second-order valence-electron chi connectivity index (χ2n) is 5.94. The fraction of sp³-hybridized carbons (Fsp3) is 0.389. The van der Waals surface area contributed by atoms with Crippen LogP contribution in [0.5, 0.6) is 11.8 Å². The Morgan fingerprint density at radius 3 is 2.36 bits per heavy atom. The summed E-state index contributed by atoms with van der Waals surface area (Å²) in [7, 11) is 1.55. The van der Waals surface area contributed by atoms with Gasteiger partial charge >= 0.3 is 0 Å². The van der Waals surface area contributed by atoms with Crippen molar-refractivity contribution < 1.29 is 14.3 Å². The number of nitrogens with zero attached hydrogens (tertiary/aromatic N) is 2. The van der Waals surface area contributed by atoms with Gasteiger partial charge in [-0.1, -0.05) is 0 Å². The van der Waals surface area contributed by atoms with E-state index in [1.807, 2.05) is 24.3 Å². The number of hydrogen-bond donors (Lipinski definition) is 1. The molecule has 6 nitrogen and oxygen atoms in total. The van der Waals surface area contributed by atoms with Crippen molar-refractivity contribution in [3.8, 4) is 11.8 Å². The first-order valence-electron chi connectivity index (χ1n) is 8.24. The Bertz CT molecular complexity index is 716. The number of rotatable bonds is 5. The van der Waals surface area contributed by atoms with E-state index in [0.29, 0.717) is 17.3 Å². The van der Waals surface area contributed by atoms with E-state index in [0.717, 1.165) is 29.3 Å². The number of halogens is 1. The summed E-state index contributed by atoms with van der Waals surface area (Å²) in [5, 5.41) is 3.11. The summed E-state index contributed by atoms with van der Waals surface area (Å²) < 4.78 is 12.2. The summed E-state index contributed by atoms with van der Waals surface area (Å²) in [6.45, 7) is 0. The van der Waals surface area contributed by atoms with Gasteiger partial charge in [-0.2, -0.15) is 0 Å². The van der Waals surface area contributed by atoms with Gasteiger partial charge in [0, 0.05) is 27.6 Å². The molecule has 1 N–H and O–H groups in total. The van der Waals surface area contributed by atoms with Crippen molar-refractivity contribution in [2.75, 3.05) is 7.11 Å². The highest BCUT2D eigenvalue weighted by Crippen LogP contribution is 2.27. The average molecular weight is 453 g/mol. The molecule has 0 saturated heterocycles. The first-order valence-corrected chi connectivity index (χ1v) is 9.31. The first-order chi connectivity index (χ1) is 12.2. The lowest BCUT2D eigenvalue weighted by molar-refractivity contribution is 0.0886. The Morgan fingerprint density at radius 2 is 1.72 bits per heavy atom. The van der Waals surface area contributed by atoms with Gasteiger partial charge in [0.2, 0.25) is 0 Å². The summed E-state index contributed by atoms with van der Waals surface area (Å²) in [5.74, 6) is 0.810. The number of carbonyl (C=O) groups is 1. The molecule has 0 aliphatic heterocycles. The van der Waals surface area contributed by atoms with Crippen LogP contribution in [0.3, 0.4) is 0 Å². The lowest BCUT2D eigenvalue weighted by Crippen LogP contribution is -2.39. The Labute approximate surface area is 160 Å². The minimum atomic E-state index is -0.0173. The quantitative estimate of drug-likeness (QED) is 0.705. The third-order valence-corrected chi connectivity index (χ3v) is 4.94. The second kappa shape index (κ2) is 8.46. The minimum absolute atomic E-state index is 0.0173.